The van der Waals surface area contributed by atoms with Crippen molar-refractivity contribution in [2.45, 2.75) is 25.8 Å². The maximum Gasteiger partial charge on any atom is 0.323 e. The molecule has 0 aromatic carbocycles. The summed E-state index contributed by atoms with van der Waals surface area (Å²) >= 11 is 0. The molecule has 92 valence electrons. The van der Waals surface area contributed by atoms with Crippen LogP contribution in [0.15, 0.2) is 6.33 Å². The van der Waals surface area contributed by atoms with Gasteiger partial charge in [0.25, 0.3) is 0 Å². The van der Waals surface area contributed by atoms with Crippen LogP contribution in [0.3, 0.4) is 0 Å². The highest BCUT2D eigenvalue weighted by atomic mass is 16.5. The molecule has 1 fully saturated rings. The van der Waals surface area contributed by atoms with Crippen molar-refractivity contribution in [2.75, 3.05) is 18.6 Å². The van der Waals surface area contributed by atoms with Crippen LogP contribution in [0, 0.1) is 6.92 Å². The second-order valence-electron chi connectivity index (χ2n) is 4.07. The van der Waals surface area contributed by atoms with E-state index in [4.69, 9.17) is 9.84 Å². The Balaban J connectivity index is 2.34. The molecule has 0 atom stereocenters. The summed E-state index contributed by atoms with van der Waals surface area (Å²) in [5.74, 6) is 0.265. The van der Waals surface area contributed by atoms with Crippen LogP contribution in [-0.2, 0) is 4.79 Å². The molecular weight excluding hydrogens is 222 g/mol. The molecule has 6 heteroatoms. The highest BCUT2D eigenvalue weighted by Crippen LogP contribution is 2.36. The zero-order valence-corrected chi connectivity index (χ0v) is 9.88. The fourth-order valence-corrected chi connectivity index (χ4v) is 1.80. The van der Waals surface area contributed by atoms with E-state index in [1.807, 2.05) is 6.92 Å². The second-order valence-corrected chi connectivity index (χ2v) is 4.07. The number of aryl methyl sites for hydroxylation is 1. The summed E-state index contributed by atoms with van der Waals surface area (Å²) in [6, 6.07) is 0.259. The third-order valence-electron chi connectivity index (χ3n) is 2.73. The minimum absolute atomic E-state index is 0.0581. The van der Waals surface area contributed by atoms with E-state index < -0.39 is 5.97 Å². The largest absolute Gasteiger partial charge is 0.491 e. The van der Waals surface area contributed by atoms with Crippen molar-refractivity contribution in [3.63, 3.8) is 0 Å². The Morgan fingerprint density at radius 2 is 2.29 bits per heavy atom. The molecule has 1 aliphatic rings. The number of aliphatic carboxylic acids is 1. The quantitative estimate of drug-likeness (QED) is 0.818. The number of aromatic nitrogens is 2. The molecule has 1 heterocycles. The zero-order chi connectivity index (χ0) is 12.4. The minimum atomic E-state index is -0.866. The molecular formula is C11H15N3O3. The number of anilines is 1. The number of carbonyl (C=O) groups is 1. The molecule has 17 heavy (non-hydrogen) atoms. The number of nitrogens with zero attached hydrogens (tertiary/aromatic N) is 3. The predicted molar refractivity (Wildman–Crippen MR) is 61.3 cm³/mol. The SMILES string of the molecule is COc1c(C)ncnc1N(CC(=O)O)C1CC1. The van der Waals surface area contributed by atoms with Gasteiger partial charge in [-0.15, -0.1) is 0 Å². The lowest BCUT2D eigenvalue weighted by atomic mass is 10.3. The lowest BCUT2D eigenvalue weighted by Gasteiger charge is -2.23. The standard InChI is InChI=1S/C11H15N3O3/c1-7-10(17-2)11(13-6-12-7)14(5-9(15)16)8-3-4-8/h6,8H,3-5H2,1-2H3,(H,15,16). The third kappa shape index (κ3) is 2.46. The van der Waals surface area contributed by atoms with E-state index in [9.17, 15) is 4.79 Å². The molecule has 0 aliphatic heterocycles. The summed E-state index contributed by atoms with van der Waals surface area (Å²) < 4.78 is 5.26. The van der Waals surface area contributed by atoms with Gasteiger partial charge in [0.1, 0.15) is 12.9 Å². The van der Waals surface area contributed by atoms with E-state index in [-0.39, 0.29) is 12.6 Å². The van der Waals surface area contributed by atoms with Gasteiger partial charge in [-0.25, -0.2) is 9.97 Å². The van der Waals surface area contributed by atoms with Gasteiger partial charge in [-0.3, -0.25) is 4.79 Å². The first-order valence-electron chi connectivity index (χ1n) is 5.47. The van der Waals surface area contributed by atoms with Gasteiger partial charge in [-0.1, -0.05) is 0 Å². The van der Waals surface area contributed by atoms with Crippen molar-refractivity contribution in [3.05, 3.63) is 12.0 Å². The maximum atomic E-state index is 10.9. The van der Waals surface area contributed by atoms with Gasteiger partial charge >= 0.3 is 5.97 Å². The summed E-state index contributed by atoms with van der Waals surface area (Å²) in [5, 5.41) is 8.93. The molecule has 0 saturated heterocycles. The lowest BCUT2D eigenvalue weighted by Crippen LogP contribution is -2.33. The monoisotopic (exact) mass is 237 g/mol. The minimum Gasteiger partial charge on any atom is -0.491 e. The first-order valence-corrected chi connectivity index (χ1v) is 5.47. The van der Waals surface area contributed by atoms with Crippen LogP contribution >= 0.6 is 0 Å². The van der Waals surface area contributed by atoms with Gasteiger partial charge < -0.3 is 14.7 Å². The molecule has 1 aromatic rings. The molecule has 1 aromatic heterocycles. The number of methoxy groups -OCH3 is 1. The Hall–Kier alpha value is -1.85. The third-order valence-corrected chi connectivity index (χ3v) is 2.73. The Kier molecular flexibility index (Phi) is 3.12. The van der Waals surface area contributed by atoms with E-state index in [1.54, 1.807) is 12.0 Å². The van der Waals surface area contributed by atoms with E-state index in [1.165, 1.54) is 6.33 Å². The van der Waals surface area contributed by atoms with Crippen molar-refractivity contribution in [3.8, 4) is 5.75 Å². The number of carboxylic acid groups (broad SMARTS) is 1. The Morgan fingerprint density at radius 1 is 1.59 bits per heavy atom. The van der Waals surface area contributed by atoms with Crippen molar-refractivity contribution >= 4 is 11.8 Å². The summed E-state index contributed by atoms with van der Waals surface area (Å²) in [4.78, 5) is 20.8. The van der Waals surface area contributed by atoms with Gasteiger partial charge in [-0.05, 0) is 19.8 Å². The molecule has 1 N–H and O–H groups in total. The van der Waals surface area contributed by atoms with Gasteiger partial charge in [-0.2, -0.15) is 0 Å². The van der Waals surface area contributed by atoms with Crippen LogP contribution in [0.4, 0.5) is 5.82 Å². The van der Waals surface area contributed by atoms with Crippen LogP contribution in [0.25, 0.3) is 0 Å². The zero-order valence-electron chi connectivity index (χ0n) is 9.88. The maximum absolute atomic E-state index is 10.9. The van der Waals surface area contributed by atoms with Crippen molar-refractivity contribution in [2.24, 2.45) is 0 Å². The van der Waals surface area contributed by atoms with Crippen LogP contribution < -0.4 is 9.64 Å². The van der Waals surface area contributed by atoms with Crippen LogP contribution in [0.2, 0.25) is 0 Å². The Bertz CT molecular complexity index is 432. The Morgan fingerprint density at radius 3 is 2.82 bits per heavy atom. The van der Waals surface area contributed by atoms with Gasteiger partial charge in [0.15, 0.2) is 11.6 Å². The highest BCUT2D eigenvalue weighted by Gasteiger charge is 2.33. The second kappa shape index (κ2) is 4.57. The molecule has 6 nitrogen and oxygen atoms in total. The molecule has 0 bridgehead atoms. The smallest absolute Gasteiger partial charge is 0.323 e. The molecule has 0 amide bonds. The molecule has 0 spiro atoms. The van der Waals surface area contributed by atoms with Gasteiger partial charge in [0.2, 0.25) is 0 Å². The lowest BCUT2D eigenvalue weighted by molar-refractivity contribution is -0.135. The van der Waals surface area contributed by atoms with Crippen LogP contribution in [0.1, 0.15) is 18.5 Å². The van der Waals surface area contributed by atoms with Gasteiger partial charge in [0, 0.05) is 6.04 Å². The van der Waals surface area contributed by atoms with E-state index in [0.717, 1.165) is 12.8 Å². The summed E-state index contributed by atoms with van der Waals surface area (Å²) in [6.45, 7) is 1.76. The average molecular weight is 237 g/mol. The van der Waals surface area contributed by atoms with Crippen molar-refractivity contribution < 1.29 is 14.6 Å². The first-order chi connectivity index (χ1) is 8.13. The number of rotatable bonds is 5. The first kappa shape index (κ1) is 11.6. The van der Waals surface area contributed by atoms with E-state index >= 15 is 0 Å². The summed E-state index contributed by atoms with van der Waals surface area (Å²) in [5.41, 5.74) is 0.716. The Labute approximate surface area is 99.2 Å². The van der Waals surface area contributed by atoms with E-state index in [2.05, 4.69) is 9.97 Å². The van der Waals surface area contributed by atoms with Crippen molar-refractivity contribution in [1.82, 2.24) is 9.97 Å². The molecule has 0 unspecified atom stereocenters. The van der Waals surface area contributed by atoms with Crippen LogP contribution in [-0.4, -0.2) is 40.7 Å². The topological polar surface area (TPSA) is 75.6 Å². The molecule has 2 rings (SSSR count). The summed E-state index contributed by atoms with van der Waals surface area (Å²) in [7, 11) is 1.54. The fourth-order valence-electron chi connectivity index (χ4n) is 1.80. The van der Waals surface area contributed by atoms with Crippen LogP contribution in [0.5, 0.6) is 5.75 Å². The highest BCUT2D eigenvalue weighted by molar-refractivity contribution is 5.74. The van der Waals surface area contributed by atoms with Gasteiger partial charge in [0.05, 0.1) is 12.8 Å². The van der Waals surface area contributed by atoms with E-state index in [0.29, 0.717) is 17.3 Å². The number of hydrogen-bond acceptors (Lipinski definition) is 5. The summed E-state index contributed by atoms with van der Waals surface area (Å²) in [6.07, 6.45) is 3.43. The number of hydrogen-bond donors (Lipinski definition) is 1. The average Bonchev–Trinajstić information content (AvgIpc) is 3.09. The fraction of sp³-hybridized carbons (Fsp3) is 0.545. The number of ether oxygens (including phenoxy) is 1. The normalized spacial score (nSPS) is 14.5. The predicted octanol–water partition coefficient (Wildman–Crippen LogP) is 0.847. The molecule has 0 radical (unpaired) electrons. The number of carboxylic acids is 1. The molecule has 1 aliphatic carbocycles. The van der Waals surface area contributed by atoms with Crippen molar-refractivity contribution in [1.29, 1.82) is 0 Å². The molecule has 1 saturated carbocycles.